The first-order chi connectivity index (χ1) is 10.0. The number of ether oxygens (including phenoxy) is 1. The Labute approximate surface area is 125 Å². The number of esters is 1. The molecule has 0 aliphatic rings. The lowest BCUT2D eigenvalue weighted by atomic mass is 10.2. The predicted octanol–water partition coefficient (Wildman–Crippen LogP) is 2.95. The van der Waals surface area contributed by atoms with Gasteiger partial charge in [0.2, 0.25) is 0 Å². The Morgan fingerprint density at radius 1 is 1.19 bits per heavy atom. The average Bonchev–Trinajstić information content (AvgIpc) is 2.97. The molecule has 0 aliphatic heterocycles. The van der Waals surface area contributed by atoms with Gasteiger partial charge in [0.1, 0.15) is 10.7 Å². The molecule has 0 N–H and O–H groups in total. The highest BCUT2D eigenvalue weighted by molar-refractivity contribution is 7.15. The zero-order valence-corrected chi connectivity index (χ0v) is 12.4. The predicted molar refractivity (Wildman–Crippen MR) is 77.9 cm³/mol. The molecule has 1 aromatic carbocycles. The Hall–Kier alpha value is -2.21. The number of methoxy groups -OCH3 is 1. The van der Waals surface area contributed by atoms with Crippen molar-refractivity contribution >= 4 is 23.2 Å². The summed E-state index contributed by atoms with van der Waals surface area (Å²) in [5, 5.41) is 0. The summed E-state index contributed by atoms with van der Waals surface area (Å²) in [6, 6.07) is 9.42. The molecule has 4 nitrogen and oxygen atoms in total. The second-order valence-corrected chi connectivity index (χ2v) is 5.49. The molecule has 1 aromatic heterocycles. The third kappa shape index (κ3) is 3.46. The highest BCUT2D eigenvalue weighted by atomic mass is 32.1. The van der Waals surface area contributed by atoms with E-state index < -0.39 is 5.97 Å². The van der Waals surface area contributed by atoms with E-state index in [2.05, 4.69) is 4.74 Å². The third-order valence-electron chi connectivity index (χ3n) is 2.92. The number of hydrogen-bond donors (Lipinski definition) is 0. The van der Waals surface area contributed by atoms with E-state index in [0.717, 1.165) is 11.3 Å². The molecule has 0 spiro atoms. The molecule has 0 atom stereocenters. The van der Waals surface area contributed by atoms with Crippen LogP contribution in [0.1, 0.15) is 24.9 Å². The van der Waals surface area contributed by atoms with E-state index >= 15 is 0 Å². The molecule has 0 saturated heterocycles. The minimum absolute atomic E-state index is 0.164. The van der Waals surface area contributed by atoms with Crippen molar-refractivity contribution in [3.63, 3.8) is 0 Å². The molecule has 21 heavy (non-hydrogen) atoms. The fourth-order valence-electron chi connectivity index (χ4n) is 1.81. The van der Waals surface area contributed by atoms with Crippen molar-refractivity contribution in [1.29, 1.82) is 0 Å². The number of halogens is 1. The van der Waals surface area contributed by atoms with Gasteiger partial charge in [-0.05, 0) is 18.2 Å². The number of amides is 1. The Bertz CT molecular complexity index is 668. The van der Waals surface area contributed by atoms with E-state index in [0.29, 0.717) is 15.3 Å². The fourth-order valence-corrected chi connectivity index (χ4v) is 2.72. The number of hydrogen-bond acceptors (Lipinski definition) is 4. The van der Waals surface area contributed by atoms with Gasteiger partial charge in [0.05, 0.1) is 12.0 Å². The number of carbonyl (C=O) groups excluding carboxylic acids is 2. The monoisotopic (exact) mass is 307 g/mol. The SMILES string of the molecule is COC(=O)c1ccc(C(=O)N(C)Cc2ccccc2F)s1. The molecule has 2 aromatic rings. The van der Waals surface area contributed by atoms with Gasteiger partial charge in [0.15, 0.2) is 0 Å². The smallest absolute Gasteiger partial charge is 0.348 e. The van der Waals surface area contributed by atoms with Gasteiger partial charge >= 0.3 is 5.97 Å². The van der Waals surface area contributed by atoms with Crippen LogP contribution in [0.15, 0.2) is 36.4 Å². The Balaban J connectivity index is 2.11. The first-order valence-corrected chi connectivity index (χ1v) is 7.01. The summed E-state index contributed by atoms with van der Waals surface area (Å²) < 4.78 is 18.2. The van der Waals surface area contributed by atoms with Crippen LogP contribution in [0.3, 0.4) is 0 Å². The summed E-state index contributed by atoms with van der Waals surface area (Å²) in [5.74, 6) is -1.09. The zero-order chi connectivity index (χ0) is 15.4. The lowest BCUT2D eigenvalue weighted by molar-refractivity contribution is 0.0606. The fraction of sp³-hybridized carbons (Fsp3) is 0.200. The molecule has 110 valence electrons. The lowest BCUT2D eigenvalue weighted by Crippen LogP contribution is -2.25. The maximum absolute atomic E-state index is 13.6. The highest BCUT2D eigenvalue weighted by Gasteiger charge is 2.18. The Morgan fingerprint density at radius 2 is 1.86 bits per heavy atom. The molecule has 0 radical (unpaired) electrons. The van der Waals surface area contributed by atoms with Gasteiger partial charge in [-0.1, -0.05) is 18.2 Å². The maximum Gasteiger partial charge on any atom is 0.348 e. The quantitative estimate of drug-likeness (QED) is 0.816. The molecular formula is C15H14FNO3S. The number of rotatable bonds is 4. The van der Waals surface area contributed by atoms with Crippen LogP contribution in [-0.2, 0) is 11.3 Å². The van der Waals surface area contributed by atoms with Crippen LogP contribution in [0.4, 0.5) is 4.39 Å². The van der Waals surface area contributed by atoms with Crippen LogP contribution >= 0.6 is 11.3 Å². The molecular weight excluding hydrogens is 293 g/mol. The highest BCUT2D eigenvalue weighted by Crippen LogP contribution is 2.20. The second-order valence-electron chi connectivity index (χ2n) is 4.41. The maximum atomic E-state index is 13.6. The van der Waals surface area contributed by atoms with Gasteiger partial charge in [0.25, 0.3) is 5.91 Å². The van der Waals surface area contributed by atoms with Crippen LogP contribution < -0.4 is 0 Å². The van der Waals surface area contributed by atoms with Crippen LogP contribution in [0, 0.1) is 5.82 Å². The van der Waals surface area contributed by atoms with Crippen LogP contribution in [-0.4, -0.2) is 30.9 Å². The molecule has 0 bridgehead atoms. The molecule has 1 heterocycles. The summed E-state index contributed by atoms with van der Waals surface area (Å²) in [7, 11) is 2.88. The van der Waals surface area contributed by atoms with Gasteiger partial charge in [-0.25, -0.2) is 9.18 Å². The summed E-state index contributed by atoms with van der Waals surface area (Å²) in [6.45, 7) is 0.164. The molecule has 2 rings (SSSR count). The van der Waals surface area contributed by atoms with Crippen LogP contribution in [0.25, 0.3) is 0 Å². The average molecular weight is 307 g/mol. The minimum Gasteiger partial charge on any atom is -0.465 e. The van der Waals surface area contributed by atoms with E-state index in [1.165, 1.54) is 18.1 Å². The number of benzene rings is 1. The van der Waals surface area contributed by atoms with Crippen molar-refractivity contribution in [2.75, 3.05) is 14.2 Å². The summed E-state index contributed by atoms with van der Waals surface area (Å²) in [4.78, 5) is 25.8. The largest absolute Gasteiger partial charge is 0.465 e. The van der Waals surface area contributed by atoms with Gasteiger partial charge in [0, 0.05) is 19.2 Å². The lowest BCUT2D eigenvalue weighted by Gasteiger charge is -2.16. The van der Waals surface area contributed by atoms with E-state index in [4.69, 9.17) is 0 Å². The van der Waals surface area contributed by atoms with E-state index in [1.54, 1.807) is 37.4 Å². The zero-order valence-electron chi connectivity index (χ0n) is 11.6. The number of thiophene rings is 1. The Kier molecular flexibility index (Phi) is 4.70. The van der Waals surface area contributed by atoms with E-state index in [-0.39, 0.29) is 18.3 Å². The second kappa shape index (κ2) is 6.49. The van der Waals surface area contributed by atoms with Crippen molar-refractivity contribution in [2.24, 2.45) is 0 Å². The standard InChI is InChI=1S/C15H14FNO3S/c1-17(9-10-5-3-4-6-11(10)16)14(18)12-7-8-13(21-12)15(19)20-2/h3-8H,9H2,1-2H3. The van der Waals surface area contributed by atoms with Crippen LogP contribution in [0.5, 0.6) is 0 Å². The molecule has 0 fully saturated rings. The van der Waals surface area contributed by atoms with Crippen molar-refractivity contribution in [3.05, 3.63) is 57.5 Å². The first-order valence-electron chi connectivity index (χ1n) is 6.20. The van der Waals surface area contributed by atoms with Gasteiger partial charge in [-0.2, -0.15) is 0 Å². The first kappa shape index (κ1) is 15.2. The molecule has 0 saturated carbocycles. The number of nitrogens with zero attached hydrogens (tertiary/aromatic N) is 1. The van der Waals surface area contributed by atoms with Crippen LogP contribution in [0.2, 0.25) is 0 Å². The van der Waals surface area contributed by atoms with Crippen molar-refractivity contribution in [1.82, 2.24) is 4.90 Å². The summed E-state index contributed by atoms with van der Waals surface area (Å²) in [6.07, 6.45) is 0. The number of carbonyl (C=O) groups is 2. The van der Waals surface area contributed by atoms with Crippen molar-refractivity contribution < 1.29 is 18.7 Å². The van der Waals surface area contributed by atoms with Gasteiger partial charge in [-0.3, -0.25) is 4.79 Å². The normalized spacial score (nSPS) is 10.2. The summed E-state index contributed by atoms with van der Waals surface area (Å²) in [5.41, 5.74) is 0.443. The molecule has 0 unspecified atom stereocenters. The minimum atomic E-state index is -0.476. The third-order valence-corrected chi connectivity index (χ3v) is 3.97. The van der Waals surface area contributed by atoms with E-state index in [9.17, 15) is 14.0 Å². The topological polar surface area (TPSA) is 46.6 Å². The molecule has 0 aliphatic carbocycles. The molecule has 1 amide bonds. The Morgan fingerprint density at radius 3 is 2.52 bits per heavy atom. The molecule has 6 heteroatoms. The van der Waals surface area contributed by atoms with Crippen molar-refractivity contribution in [2.45, 2.75) is 6.54 Å². The summed E-state index contributed by atoms with van der Waals surface area (Å²) >= 11 is 1.06. The van der Waals surface area contributed by atoms with E-state index in [1.807, 2.05) is 0 Å². The van der Waals surface area contributed by atoms with Crippen molar-refractivity contribution in [3.8, 4) is 0 Å². The van der Waals surface area contributed by atoms with Gasteiger partial charge < -0.3 is 9.64 Å². The van der Waals surface area contributed by atoms with Gasteiger partial charge in [-0.15, -0.1) is 11.3 Å².